The fraction of sp³-hybridized carbons (Fsp3) is 0.733. The predicted octanol–water partition coefficient (Wildman–Crippen LogP) is 2.52. The van der Waals surface area contributed by atoms with Crippen LogP contribution in [0.3, 0.4) is 0 Å². The normalized spacial score (nSPS) is 23.5. The quantitative estimate of drug-likeness (QED) is 0.886. The number of nitrogens with zero attached hydrogens (tertiary/aromatic N) is 2. The van der Waals surface area contributed by atoms with E-state index in [0.29, 0.717) is 25.5 Å². The zero-order valence-electron chi connectivity index (χ0n) is 13.0. The standard InChI is InChI=1S/C15H22BrN3O3/c1-9(2)12-11(16)13(18-17-12)14(20)19-5-3-4-10(8-19)15-21-6-7-22-15/h9-10,15H,3-8H2,1-2H3,(H,17,18). The number of H-pyrrole nitrogens is 1. The molecular formula is C15H22BrN3O3. The molecule has 0 aromatic carbocycles. The molecule has 0 saturated carbocycles. The van der Waals surface area contributed by atoms with Crippen LogP contribution in [0.2, 0.25) is 0 Å². The lowest BCUT2D eigenvalue weighted by atomic mass is 9.97. The van der Waals surface area contributed by atoms with Gasteiger partial charge in [0, 0.05) is 19.0 Å². The zero-order valence-corrected chi connectivity index (χ0v) is 14.6. The van der Waals surface area contributed by atoms with E-state index in [0.717, 1.165) is 29.6 Å². The summed E-state index contributed by atoms with van der Waals surface area (Å²) in [5.41, 5.74) is 1.43. The van der Waals surface area contributed by atoms with E-state index in [9.17, 15) is 4.79 Å². The Morgan fingerprint density at radius 1 is 1.41 bits per heavy atom. The van der Waals surface area contributed by atoms with E-state index < -0.39 is 0 Å². The summed E-state index contributed by atoms with van der Waals surface area (Å²) >= 11 is 3.51. The second kappa shape index (κ2) is 6.68. The van der Waals surface area contributed by atoms with Gasteiger partial charge in [-0.15, -0.1) is 0 Å². The first-order valence-corrected chi connectivity index (χ1v) is 8.63. The number of hydrogen-bond donors (Lipinski definition) is 1. The van der Waals surface area contributed by atoms with Gasteiger partial charge in [-0.1, -0.05) is 13.8 Å². The van der Waals surface area contributed by atoms with Gasteiger partial charge in [-0.3, -0.25) is 9.89 Å². The van der Waals surface area contributed by atoms with Crippen LogP contribution in [0.1, 0.15) is 48.8 Å². The lowest BCUT2D eigenvalue weighted by Crippen LogP contribution is -2.44. The molecule has 2 fully saturated rings. The van der Waals surface area contributed by atoms with Gasteiger partial charge in [0.15, 0.2) is 12.0 Å². The van der Waals surface area contributed by atoms with Gasteiger partial charge in [0.05, 0.1) is 23.4 Å². The van der Waals surface area contributed by atoms with Crippen molar-refractivity contribution >= 4 is 21.8 Å². The van der Waals surface area contributed by atoms with Gasteiger partial charge in [-0.05, 0) is 34.7 Å². The van der Waals surface area contributed by atoms with Gasteiger partial charge in [-0.25, -0.2) is 0 Å². The van der Waals surface area contributed by atoms with E-state index in [4.69, 9.17) is 9.47 Å². The van der Waals surface area contributed by atoms with Gasteiger partial charge in [0.25, 0.3) is 5.91 Å². The van der Waals surface area contributed by atoms with Crippen LogP contribution in [0.5, 0.6) is 0 Å². The van der Waals surface area contributed by atoms with Gasteiger partial charge in [0.2, 0.25) is 0 Å². The molecule has 2 aliphatic heterocycles. The number of carbonyl (C=O) groups excluding carboxylic acids is 1. The number of piperidine rings is 1. The summed E-state index contributed by atoms with van der Waals surface area (Å²) in [5.74, 6) is 0.512. The third-order valence-corrected chi connectivity index (χ3v) is 5.09. The second-order valence-electron chi connectivity index (χ2n) is 6.22. The van der Waals surface area contributed by atoms with Crippen molar-refractivity contribution in [1.29, 1.82) is 0 Å². The fourth-order valence-corrected chi connectivity index (χ4v) is 3.89. The highest BCUT2D eigenvalue weighted by atomic mass is 79.9. The lowest BCUT2D eigenvalue weighted by molar-refractivity contribution is -0.0969. The van der Waals surface area contributed by atoms with Crippen LogP contribution in [0.4, 0.5) is 0 Å². The van der Waals surface area contributed by atoms with E-state index >= 15 is 0 Å². The zero-order chi connectivity index (χ0) is 15.7. The Labute approximate surface area is 138 Å². The number of likely N-dealkylation sites (tertiary alicyclic amines) is 1. The van der Waals surface area contributed by atoms with Crippen LogP contribution in [0, 0.1) is 5.92 Å². The maximum atomic E-state index is 12.7. The first-order chi connectivity index (χ1) is 10.6. The van der Waals surface area contributed by atoms with Gasteiger partial charge in [-0.2, -0.15) is 5.10 Å². The van der Waals surface area contributed by atoms with Gasteiger partial charge >= 0.3 is 0 Å². The average molecular weight is 372 g/mol. The summed E-state index contributed by atoms with van der Waals surface area (Å²) in [6.45, 7) is 6.87. The number of amides is 1. The molecule has 1 aromatic rings. The fourth-order valence-electron chi connectivity index (χ4n) is 3.08. The van der Waals surface area contributed by atoms with Crippen LogP contribution in [0.25, 0.3) is 0 Å². The number of rotatable bonds is 3. The van der Waals surface area contributed by atoms with E-state index in [2.05, 4.69) is 40.0 Å². The SMILES string of the molecule is CC(C)c1[nH]nc(C(=O)N2CCCC(C3OCCO3)C2)c1Br. The lowest BCUT2D eigenvalue weighted by Gasteiger charge is -2.34. The predicted molar refractivity (Wildman–Crippen MR) is 84.7 cm³/mol. The van der Waals surface area contributed by atoms with Crippen LogP contribution in [0.15, 0.2) is 4.47 Å². The molecule has 2 aliphatic rings. The van der Waals surface area contributed by atoms with Crippen molar-refractivity contribution in [3.8, 4) is 0 Å². The molecule has 1 aromatic heterocycles. The van der Waals surface area contributed by atoms with Gasteiger partial charge in [0.1, 0.15) is 0 Å². The van der Waals surface area contributed by atoms with Crippen molar-refractivity contribution in [1.82, 2.24) is 15.1 Å². The van der Waals surface area contributed by atoms with Crippen LogP contribution in [-0.4, -0.2) is 53.6 Å². The molecule has 2 saturated heterocycles. The maximum absolute atomic E-state index is 12.7. The van der Waals surface area contributed by atoms with Crippen LogP contribution < -0.4 is 0 Å². The van der Waals surface area contributed by atoms with Crippen molar-refractivity contribution in [3.05, 3.63) is 15.9 Å². The molecule has 6 nitrogen and oxygen atoms in total. The Kier molecular flexibility index (Phi) is 4.84. The van der Waals surface area contributed by atoms with E-state index in [-0.39, 0.29) is 24.0 Å². The molecule has 0 aliphatic carbocycles. The second-order valence-corrected chi connectivity index (χ2v) is 7.01. The summed E-state index contributed by atoms with van der Waals surface area (Å²) < 4.78 is 12.0. The monoisotopic (exact) mass is 371 g/mol. The number of ether oxygens (including phenoxy) is 2. The molecule has 22 heavy (non-hydrogen) atoms. The summed E-state index contributed by atoms with van der Waals surface area (Å²) in [7, 11) is 0. The van der Waals surface area contributed by atoms with Gasteiger partial charge < -0.3 is 14.4 Å². The highest BCUT2D eigenvalue weighted by Gasteiger charge is 2.34. The summed E-state index contributed by atoms with van der Waals surface area (Å²) in [5, 5.41) is 7.18. The van der Waals surface area contributed by atoms with Crippen LogP contribution in [-0.2, 0) is 9.47 Å². The number of carbonyl (C=O) groups is 1. The summed E-state index contributed by atoms with van der Waals surface area (Å²) in [6, 6.07) is 0. The Bertz CT molecular complexity index is 540. The van der Waals surface area contributed by atoms with E-state index in [1.54, 1.807) is 0 Å². The molecular weight excluding hydrogens is 350 g/mol. The van der Waals surface area contributed by atoms with Crippen molar-refractivity contribution in [2.75, 3.05) is 26.3 Å². The molecule has 0 bridgehead atoms. The summed E-state index contributed by atoms with van der Waals surface area (Å²) in [6.07, 6.45) is 1.84. The molecule has 0 radical (unpaired) electrons. The van der Waals surface area contributed by atoms with E-state index in [1.165, 1.54) is 0 Å². The number of aromatic nitrogens is 2. The number of halogens is 1. The number of nitrogens with one attached hydrogen (secondary N) is 1. The minimum Gasteiger partial charge on any atom is -0.350 e. The maximum Gasteiger partial charge on any atom is 0.275 e. The molecule has 122 valence electrons. The third kappa shape index (κ3) is 3.07. The molecule has 0 spiro atoms. The minimum absolute atomic E-state index is 0.0299. The van der Waals surface area contributed by atoms with Crippen molar-refractivity contribution in [3.63, 3.8) is 0 Å². The highest BCUT2D eigenvalue weighted by Crippen LogP contribution is 2.29. The first-order valence-electron chi connectivity index (χ1n) is 7.84. The smallest absolute Gasteiger partial charge is 0.275 e. The first kappa shape index (κ1) is 16.0. The van der Waals surface area contributed by atoms with Crippen molar-refractivity contribution in [2.45, 2.75) is 38.9 Å². The molecule has 7 heteroatoms. The van der Waals surface area contributed by atoms with Crippen molar-refractivity contribution < 1.29 is 14.3 Å². The Morgan fingerprint density at radius 2 is 2.14 bits per heavy atom. The molecule has 3 heterocycles. The summed E-state index contributed by atoms with van der Waals surface area (Å²) in [4.78, 5) is 14.6. The molecule has 1 unspecified atom stereocenters. The highest BCUT2D eigenvalue weighted by molar-refractivity contribution is 9.10. The minimum atomic E-state index is -0.163. The van der Waals surface area contributed by atoms with E-state index in [1.807, 2.05) is 4.90 Å². The van der Waals surface area contributed by atoms with Crippen molar-refractivity contribution in [2.24, 2.45) is 5.92 Å². The Balaban J connectivity index is 1.71. The molecule has 1 atom stereocenters. The molecule has 1 amide bonds. The molecule has 3 rings (SSSR count). The average Bonchev–Trinajstić information content (AvgIpc) is 3.16. The Morgan fingerprint density at radius 3 is 2.77 bits per heavy atom. The topological polar surface area (TPSA) is 67.5 Å². The number of hydrogen-bond acceptors (Lipinski definition) is 4. The van der Waals surface area contributed by atoms with Crippen LogP contribution >= 0.6 is 15.9 Å². The number of aromatic amines is 1. The largest absolute Gasteiger partial charge is 0.350 e. The molecule has 1 N–H and O–H groups in total. The third-order valence-electron chi connectivity index (χ3n) is 4.29. The Hall–Kier alpha value is -0.920.